The largest absolute Gasteiger partial charge is 0.492 e. The van der Waals surface area contributed by atoms with Crippen LogP contribution in [0.5, 0.6) is 5.75 Å². The summed E-state index contributed by atoms with van der Waals surface area (Å²) in [6.07, 6.45) is 0. The number of carbonyl (C=O) groups is 1. The van der Waals surface area contributed by atoms with E-state index in [2.05, 4.69) is 11.0 Å². The summed E-state index contributed by atoms with van der Waals surface area (Å²) in [7, 11) is 0. The molecule has 0 atom stereocenters. The van der Waals surface area contributed by atoms with Gasteiger partial charge in [0.1, 0.15) is 11.6 Å². The van der Waals surface area contributed by atoms with Gasteiger partial charge in [-0.15, -0.1) is 0 Å². The van der Waals surface area contributed by atoms with Gasteiger partial charge in [0.25, 0.3) is 5.91 Å². The van der Waals surface area contributed by atoms with E-state index in [9.17, 15) is 9.18 Å². The Kier molecular flexibility index (Phi) is 6.92. The van der Waals surface area contributed by atoms with Crippen LogP contribution in [0.3, 0.4) is 0 Å². The van der Waals surface area contributed by atoms with Crippen molar-refractivity contribution in [1.29, 1.82) is 0 Å². The maximum Gasteiger partial charge on any atom is 0.277 e. The molecule has 0 spiro atoms. The number of hydrogen-bond donors (Lipinski definition) is 1. The van der Waals surface area contributed by atoms with Gasteiger partial charge in [-0.3, -0.25) is 4.79 Å². The van der Waals surface area contributed by atoms with E-state index in [0.717, 1.165) is 37.6 Å². The van der Waals surface area contributed by atoms with Gasteiger partial charge in [0.2, 0.25) is 0 Å². The summed E-state index contributed by atoms with van der Waals surface area (Å²) in [5.41, 5.74) is 1.77. The number of rotatable bonds is 6. The molecule has 2 heterocycles. The van der Waals surface area contributed by atoms with Gasteiger partial charge in [0, 0.05) is 26.2 Å². The Bertz CT molecular complexity index is 877. The molecule has 1 N–H and O–H groups in total. The smallest absolute Gasteiger partial charge is 0.277 e. The average Bonchev–Trinajstić information content (AvgIpc) is 2.81. The van der Waals surface area contributed by atoms with Crippen LogP contribution in [0.15, 0.2) is 48.5 Å². The summed E-state index contributed by atoms with van der Waals surface area (Å²) in [4.78, 5) is 20.5. The molecule has 2 saturated heterocycles. The van der Waals surface area contributed by atoms with Crippen LogP contribution in [0.1, 0.15) is 6.92 Å². The van der Waals surface area contributed by atoms with Crippen LogP contribution in [0.25, 0.3) is 0 Å². The highest BCUT2D eigenvalue weighted by atomic mass is 19.1. The number of amides is 1. The third-order valence-corrected chi connectivity index (χ3v) is 6.20. The molecule has 2 aromatic rings. The second kappa shape index (κ2) is 10.0. The van der Waals surface area contributed by atoms with Crippen LogP contribution in [-0.4, -0.2) is 76.3 Å². The van der Waals surface area contributed by atoms with E-state index < -0.39 is 0 Å². The maximum atomic E-state index is 14.0. The molecule has 1 amide bonds. The number of nitrogens with zero attached hydrogens (tertiary/aromatic N) is 3. The molecule has 0 unspecified atom stereocenters. The van der Waals surface area contributed by atoms with Crippen LogP contribution in [-0.2, 0) is 4.79 Å². The van der Waals surface area contributed by atoms with Gasteiger partial charge in [-0.1, -0.05) is 24.3 Å². The first-order chi connectivity index (χ1) is 15.2. The fourth-order valence-electron chi connectivity index (χ4n) is 4.47. The third kappa shape index (κ3) is 5.10. The number of anilines is 2. The van der Waals surface area contributed by atoms with Crippen molar-refractivity contribution in [3.63, 3.8) is 0 Å². The highest BCUT2D eigenvalue weighted by Gasteiger charge is 2.28. The number of para-hydroxylation sites is 3. The van der Waals surface area contributed by atoms with E-state index in [4.69, 9.17) is 4.74 Å². The Labute approximate surface area is 183 Å². The highest BCUT2D eigenvalue weighted by molar-refractivity contribution is 5.77. The number of quaternary nitrogens is 1. The van der Waals surface area contributed by atoms with Crippen molar-refractivity contribution in [2.24, 2.45) is 0 Å². The van der Waals surface area contributed by atoms with Gasteiger partial charge in [0.15, 0.2) is 6.54 Å². The summed E-state index contributed by atoms with van der Waals surface area (Å²) in [5.74, 6) is 0.930. The topological polar surface area (TPSA) is 40.5 Å². The monoisotopic (exact) mass is 427 g/mol. The van der Waals surface area contributed by atoms with Gasteiger partial charge in [-0.2, -0.15) is 0 Å². The average molecular weight is 428 g/mol. The Balaban J connectivity index is 1.25. The summed E-state index contributed by atoms with van der Waals surface area (Å²) in [5, 5.41) is 0. The minimum atomic E-state index is -0.199. The highest BCUT2D eigenvalue weighted by Crippen LogP contribution is 2.27. The van der Waals surface area contributed by atoms with Gasteiger partial charge in [-0.05, 0) is 31.2 Å². The van der Waals surface area contributed by atoms with Crippen LogP contribution >= 0.6 is 0 Å². The molecule has 0 saturated carbocycles. The molecule has 2 aromatic carbocycles. The molecule has 0 bridgehead atoms. The fraction of sp³-hybridized carbons (Fsp3) is 0.458. The normalized spacial score (nSPS) is 17.7. The zero-order valence-corrected chi connectivity index (χ0v) is 18.2. The predicted octanol–water partition coefficient (Wildman–Crippen LogP) is 1.28. The molecule has 2 aliphatic rings. The van der Waals surface area contributed by atoms with E-state index in [-0.39, 0.29) is 11.7 Å². The van der Waals surface area contributed by atoms with E-state index in [1.54, 1.807) is 12.1 Å². The molecule has 4 rings (SSSR count). The lowest BCUT2D eigenvalue weighted by molar-refractivity contribution is -0.892. The number of ether oxygens (including phenoxy) is 1. The van der Waals surface area contributed by atoms with Gasteiger partial charge < -0.3 is 24.3 Å². The summed E-state index contributed by atoms with van der Waals surface area (Å²) < 4.78 is 19.8. The first-order valence-electron chi connectivity index (χ1n) is 11.2. The predicted molar refractivity (Wildman–Crippen MR) is 121 cm³/mol. The molecule has 2 fully saturated rings. The molecule has 0 aromatic heterocycles. The number of nitrogens with one attached hydrogen (secondary N) is 1. The van der Waals surface area contributed by atoms with Crippen molar-refractivity contribution in [2.45, 2.75) is 6.92 Å². The van der Waals surface area contributed by atoms with E-state index >= 15 is 0 Å². The molecule has 0 aliphatic carbocycles. The van der Waals surface area contributed by atoms with Gasteiger partial charge >= 0.3 is 0 Å². The first kappa shape index (κ1) is 21.4. The SMILES string of the molecule is CCOc1ccccc1N1CC[NH+](CC(=O)N2CCN(c3ccccc3F)CC2)CC1. The number of benzene rings is 2. The van der Waals surface area contributed by atoms with Crippen molar-refractivity contribution in [3.8, 4) is 5.75 Å². The molecule has 166 valence electrons. The van der Waals surface area contributed by atoms with Crippen LogP contribution in [0.2, 0.25) is 0 Å². The second-order valence-corrected chi connectivity index (χ2v) is 8.13. The fourth-order valence-corrected chi connectivity index (χ4v) is 4.47. The van der Waals surface area contributed by atoms with Crippen molar-refractivity contribution >= 4 is 17.3 Å². The standard InChI is InChI=1S/C24H31FN4O2/c1-2-31-23-10-6-5-9-22(23)28-13-11-26(12-14-28)19-24(30)29-17-15-27(16-18-29)21-8-4-3-7-20(21)25/h3-10H,2,11-19H2,1H3/p+1. The third-order valence-electron chi connectivity index (χ3n) is 6.20. The quantitative estimate of drug-likeness (QED) is 0.754. The van der Waals surface area contributed by atoms with Crippen LogP contribution in [0, 0.1) is 5.82 Å². The molecule has 31 heavy (non-hydrogen) atoms. The molecule has 0 radical (unpaired) electrons. The Morgan fingerprint density at radius 3 is 2.19 bits per heavy atom. The number of piperazine rings is 2. The minimum absolute atomic E-state index is 0.199. The molecular weight excluding hydrogens is 395 g/mol. The number of hydrogen-bond acceptors (Lipinski definition) is 4. The zero-order chi connectivity index (χ0) is 21.6. The van der Waals surface area contributed by atoms with Crippen molar-refractivity contribution in [1.82, 2.24) is 4.90 Å². The lowest BCUT2D eigenvalue weighted by Gasteiger charge is -2.38. The first-order valence-corrected chi connectivity index (χ1v) is 11.2. The van der Waals surface area contributed by atoms with Gasteiger partial charge in [-0.25, -0.2) is 4.39 Å². The summed E-state index contributed by atoms with van der Waals surface area (Å²) >= 11 is 0. The minimum Gasteiger partial charge on any atom is -0.492 e. The Hall–Kier alpha value is -2.80. The van der Waals surface area contributed by atoms with E-state index in [1.165, 1.54) is 11.0 Å². The van der Waals surface area contributed by atoms with Crippen molar-refractivity contribution in [3.05, 3.63) is 54.3 Å². The maximum absolute atomic E-state index is 14.0. The molecule has 6 nitrogen and oxygen atoms in total. The Morgan fingerprint density at radius 2 is 1.52 bits per heavy atom. The second-order valence-electron chi connectivity index (χ2n) is 8.13. The zero-order valence-electron chi connectivity index (χ0n) is 18.2. The van der Waals surface area contributed by atoms with Gasteiger partial charge in [0.05, 0.1) is 44.2 Å². The lowest BCUT2D eigenvalue weighted by Crippen LogP contribution is -3.16. The van der Waals surface area contributed by atoms with Crippen LogP contribution in [0.4, 0.5) is 15.8 Å². The lowest BCUT2D eigenvalue weighted by atomic mass is 10.2. The number of carbonyl (C=O) groups excluding carboxylic acids is 1. The molecule has 2 aliphatic heterocycles. The van der Waals surface area contributed by atoms with Crippen molar-refractivity contribution in [2.75, 3.05) is 75.3 Å². The summed E-state index contributed by atoms with van der Waals surface area (Å²) in [6.45, 7) is 9.50. The Morgan fingerprint density at radius 1 is 0.903 bits per heavy atom. The molecular formula is C24H32FN4O2+. The van der Waals surface area contributed by atoms with E-state index in [1.807, 2.05) is 41.0 Å². The molecule has 7 heteroatoms. The van der Waals surface area contributed by atoms with Crippen LogP contribution < -0.4 is 19.4 Å². The van der Waals surface area contributed by atoms with Crippen molar-refractivity contribution < 1.29 is 18.8 Å². The number of halogens is 1. The summed E-state index contributed by atoms with van der Waals surface area (Å²) in [6, 6.07) is 15.0. The van der Waals surface area contributed by atoms with E-state index in [0.29, 0.717) is 45.0 Å².